The first-order valence-corrected chi connectivity index (χ1v) is 12.0. The minimum atomic E-state index is -3.45. The summed E-state index contributed by atoms with van der Waals surface area (Å²) < 4.78 is 29.1. The lowest BCUT2D eigenvalue weighted by Crippen LogP contribution is -2.16. The molecule has 0 amide bonds. The molecule has 3 aromatic rings. The van der Waals surface area contributed by atoms with Gasteiger partial charge in [-0.05, 0) is 29.7 Å². The molecule has 11 heteroatoms. The molecule has 1 aromatic heterocycles. The van der Waals surface area contributed by atoms with Gasteiger partial charge in [0.15, 0.2) is 9.84 Å². The van der Waals surface area contributed by atoms with Gasteiger partial charge in [0.1, 0.15) is 16.4 Å². The number of aliphatic imine (C=N–C) groups is 1. The fourth-order valence-corrected chi connectivity index (χ4v) is 3.78. The van der Waals surface area contributed by atoms with Gasteiger partial charge < -0.3 is 15.4 Å². The van der Waals surface area contributed by atoms with Crippen LogP contribution in [0.4, 0.5) is 5.69 Å². The molecule has 2 aromatic carbocycles. The maximum absolute atomic E-state index is 11.9. The van der Waals surface area contributed by atoms with Crippen molar-refractivity contribution in [1.82, 2.24) is 10.1 Å². The van der Waals surface area contributed by atoms with E-state index >= 15 is 0 Å². The third-order valence-electron chi connectivity index (χ3n) is 4.61. The molecule has 33 heavy (non-hydrogen) atoms. The van der Waals surface area contributed by atoms with Crippen molar-refractivity contribution in [2.45, 2.75) is 24.7 Å². The van der Waals surface area contributed by atoms with Gasteiger partial charge in [0.25, 0.3) is 5.89 Å². The standard InChI is InChI=1S/C22H21ClN4O5S/c1-12(2)15-9-4-5-10-16(15)25-19(17(23)18(24)22(28)29)21-26-20(27-32-21)13-7-6-8-14(11-13)33(3,30)31/h4-12H,24H2,1-3H3,(H,28,29)/b18-17+,25-19?. The predicted molar refractivity (Wildman–Crippen MR) is 124 cm³/mol. The molecule has 1 heterocycles. The van der Waals surface area contributed by atoms with Crippen LogP contribution in [-0.4, -0.2) is 41.6 Å². The molecule has 0 unspecified atom stereocenters. The Hall–Kier alpha value is -3.50. The van der Waals surface area contributed by atoms with Crippen molar-refractivity contribution >= 4 is 38.8 Å². The Morgan fingerprint density at radius 1 is 1.18 bits per heavy atom. The van der Waals surface area contributed by atoms with E-state index in [1.54, 1.807) is 24.3 Å². The summed E-state index contributed by atoms with van der Waals surface area (Å²) in [6, 6.07) is 13.3. The Balaban J connectivity index is 2.18. The number of nitrogens with two attached hydrogens (primary N) is 1. The van der Waals surface area contributed by atoms with Crippen molar-refractivity contribution in [2.75, 3.05) is 6.26 Å². The molecule has 0 saturated carbocycles. The quantitative estimate of drug-likeness (QED) is 0.376. The Labute approximate surface area is 195 Å². The van der Waals surface area contributed by atoms with Crippen LogP contribution in [0.5, 0.6) is 0 Å². The number of carbonyl (C=O) groups is 1. The van der Waals surface area contributed by atoms with Gasteiger partial charge in [0.05, 0.1) is 10.6 Å². The van der Waals surface area contributed by atoms with Gasteiger partial charge in [0, 0.05) is 11.8 Å². The number of hydrogen-bond acceptors (Lipinski definition) is 8. The number of rotatable bonds is 7. The summed E-state index contributed by atoms with van der Waals surface area (Å²) in [5, 5.41) is 12.8. The van der Waals surface area contributed by atoms with Crippen LogP contribution in [0.3, 0.4) is 0 Å². The summed E-state index contributed by atoms with van der Waals surface area (Å²) in [6.45, 7) is 3.97. The van der Waals surface area contributed by atoms with E-state index in [0.717, 1.165) is 11.8 Å². The van der Waals surface area contributed by atoms with Gasteiger partial charge in [-0.1, -0.05) is 60.9 Å². The summed E-state index contributed by atoms with van der Waals surface area (Å²) in [5.74, 6) is -1.44. The fourth-order valence-electron chi connectivity index (χ4n) is 2.91. The third-order valence-corrected chi connectivity index (χ3v) is 6.11. The number of sulfone groups is 1. The SMILES string of the molecule is CC(C)c1ccccc1N=C(/C(Cl)=C(\N)C(=O)O)c1nc(-c2cccc(S(C)(=O)=O)c2)no1. The molecule has 0 aliphatic rings. The number of halogens is 1. The molecule has 172 valence electrons. The van der Waals surface area contributed by atoms with Crippen LogP contribution in [0.2, 0.25) is 0 Å². The van der Waals surface area contributed by atoms with Crippen LogP contribution in [0, 0.1) is 0 Å². The van der Waals surface area contributed by atoms with Crippen LogP contribution >= 0.6 is 11.6 Å². The first kappa shape index (κ1) is 24.1. The van der Waals surface area contributed by atoms with Crippen molar-refractivity contribution < 1.29 is 22.8 Å². The molecular weight excluding hydrogens is 468 g/mol. The number of aliphatic carboxylic acids is 1. The summed E-state index contributed by atoms with van der Waals surface area (Å²) in [7, 11) is -3.45. The lowest BCUT2D eigenvalue weighted by molar-refractivity contribution is -0.132. The molecule has 0 atom stereocenters. The lowest BCUT2D eigenvalue weighted by atomic mass is 10.0. The van der Waals surface area contributed by atoms with Crippen molar-refractivity contribution in [3.05, 3.63) is 70.7 Å². The van der Waals surface area contributed by atoms with E-state index in [1.165, 1.54) is 12.1 Å². The number of aromatic nitrogens is 2. The second-order valence-corrected chi connectivity index (χ2v) is 9.82. The van der Waals surface area contributed by atoms with Crippen molar-refractivity contribution in [2.24, 2.45) is 10.7 Å². The highest BCUT2D eigenvalue weighted by molar-refractivity contribution is 7.90. The van der Waals surface area contributed by atoms with Gasteiger partial charge in [-0.3, -0.25) is 0 Å². The first-order valence-electron chi connectivity index (χ1n) is 9.70. The highest BCUT2D eigenvalue weighted by Gasteiger charge is 2.23. The smallest absolute Gasteiger partial charge is 0.353 e. The molecule has 0 aliphatic carbocycles. The topological polar surface area (TPSA) is 149 Å². The third kappa shape index (κ3) is 5.47. The molecule has 0 bridgehead atoms. The minimum Gasteiger partial charge on any atom is -0.477 e. The van der Waals surface area contributed by atoms with Gasteiger partial charge in [0.2, 0.25) is 5.82 Å². The van der Waals surface area contributed by atoms with Crippen molar-refractivity contribution in [1.29, 1.82) is 0 Å². The fraction of sp³-hybridized carbons (Fsp3) is 0.182. The predicted octanol–water partition coefficient (Wildman–Crippen LogP) is 3.88. The maximum Gasteiger partial charge on any atom is 0.353 e. The number of carboxylic acid groups (broad SMARTS) is 1. The molecule has 0 spiro atoms. The highest BCUT2D eigenvalue weighted by atomic mass is 35.5. The van der Waals surface area contributed by atoms with Crippen LogP contribution in [0.1, 0.15) is 31.2 Å². The van der Waals surface area contributed by atoms with Crippen LogP contribution in [0.15, 0.2) is 73.7 Å². The number of hydrogen-bond donors (Lipinski definition) is 2. The number of nitrogens with zero attached hydrogens (tertiary/aromatic N) is 3. The Morgan fingerprint density at radius 2 is 1.88 bits per heavy atom. The second-order valence-electron chi connectivity index (χ2n) is 7.43. The summed E-state index contributed by atoms with van der Waals surface area (Å²) in [5.41, 5.74) is 6.67. The van der Waals surface area contributed by atoms with E-state index in [1.807, 2.05) is 26.0 Å². The van der Waals surface area contributed by atoms with Crippen molar-refractivity contribution in [3.63, 3.8) is 0 Å². The summed E-state index contributed by atoms with van der Waals surface area (Å²) in [6.07, 6.45) is 1.09. The molecular formula is C22H21ClN4O5S. The van der Waals surface area contributed by atoms with Crippen molar-refractivity contribution in [3.8, 4) is 11.4 Å². The van der Waals surface area contributed by atoms with Gasteiger partial charge >= 0.3 is 5.97 Å². The zero-order valence-corrected chi connectivity index (χ0v) is 19.6. The maximum atomic E-state index is 11.9. The number of benzene rings is 2. The molecule has 0 radical (unpaired) electrons. The molecule has 3 N–H and O–H groups in total. The van der Waals surface area contributed by atoms with Crippen LogP contribution in [-0.2, 0) is 14.6 Å². The minimum absolute atomic E-state index is 0.0682. The molecule has 3 rings (SSSR count). The van der Waals surface area contributed by atoms with Crippen LogP contribution < -0.4 is 5.73 Å². The van der Waals surface area contributed by atoms with E-state index in [-0.39, 0.29) is 33.3 Å². The average molecular weight is 489 g/mol. The summed E-state index contributed by atoms with van der Waals surface area (Å²) in [4.78, 5) is 20.3. The number of allylic oxidation sites excluding steroid dienone is 1. The normalized spacial score (nSPS) is 13.2. The molecule has 0 fully saturated rings. The monoisotopic (exact) mass is 488 g/mol. The first-order chi connectivity index (χ1) is 15.5. The zero-order chi connectivity index (χ0) is 24.3. The summed E-state index contributed by atoms with van der Waals surface area (Å²) >= 11 is 6.28. The molecule has 0 saturated heterocycles. The highest BCUT2D eigenvalue weighted by Crippen LogP contribution is 2.29. The Kier molecular flexibility index (Phi) is 6.99. The van der Waals surface area contributed by atoms with E-state index in [9.17, 15) is 18.3 Å². The largest absolute Gasteiger partial charge is 0.477 e. The van der Waals surface area contributed by atoms with Gasteiger partial charge in [-0.2, -0.15) is 4.98 Å². The van der Waals surface area contributed by atoms with E-state index in [4.69, 9.17) is 21.9 Å². The molecule has 0 aliphatic heterocycles. The van der Waals surface area contributed by atoms with E-state index in [2.05, 4.69) is 15.1 Å². The van der Waals surface area contributed by atoms with Crippen LogP contribution in [0.25, 0.3) is 11.4 Å². The Bertz CT molecular complexity index is 1380. The number of carboxylic acids is 1. The van der Waals surface area contributed by atoms with E-state index in [0.29, 0.717) is 11.3 Å². The van der Waals surface area contributed by atoms with E-state index < -0.39 is 21.5 Å². The average Bonchev–Trinajstić information content (AvgIpc) is 3.26. The van der Waals surface area contributed by atoms with Gasteiger partial charge in [-0.25, -0.2) is 18.2 Å². The molecule has 9 nitrogen and oxygen atoms in total. The second kappa shape index (κ2) is 9.55. The zero-order valence-electron chi connectivity index (χ0n) is 18.0. The lowest BCUT2D eigenvalue weighted by Gasteiger charge is -2.10. The van der Waals surface area contributed by atoms with Gasteiger partial charge in [-0.15, -0.1) is 0 Å². The number of para-hydroxylation sites is 1. The Morgan fingerprint density at radius 3 is 2.52 bits per heavy atom.